The van der Waals surface area contributed by atoms with Gasteiger partial charge < -0.3 is 24.6 Å². The van der Waals surface area contributed by atoms with Crippen LogP contribution in [0.25, 0.3) is 0 Å². The number of hydrogen-bond donors (Lipinski definition) is 2. The molecule has 0 unspecified atom stereocenters. The fourth-order valence-electron chi connectivity index (χ4n) is 2.02. The van der Waals surface area contributed by atoms with Gasteiger partial charge in [0, 0.05) is 39.2 Å². The maximum atomic E-state index is 5.40. The molecule has 0 saturated heterocycles. The minimum Gasteiger partial charge on any atom is -0.382 e. The standard InChI is InChI=1S/C15H28N4O3/c1-5-13-12(14(6-2)22-19-13)11-18-15(16-3)17-7-8-21-10-9-20-4/h5-11H2,1-4H3,(H2,16,17,18). The van der Waals surface area contributed by atoms with E-state index >= 15 is 0 Å². The molecule has 0 spiro atoms. The highest BCUT2D eigenvalue weighted by Crippen LogP contribution is 2.15. The molecule has 2 N–H and O–H groups in total. The molecule has 0 aromatic carbocycles. The van der Waals surface area contributed by atoms with Crippen LogP contribution in [0.5, 0.6) is 0 Å². The first-order valence-electron chi connectivity index (χ1n) is 7.74. The molecule has 0 bridgehead atoms. The Morgan fingerprint density at radius 2 is 2.00 bits per heavy atom. The van der Waals surface area contributed by atoms with Crippen LogP contribution in [-0.2, 0) is 28.9 Å². The lowest BCUT2D eigenvalue weighted by atomic mass is 10.1. The lowest BCUT2D eigenvalue weighted by molar-refractivity contribution is 0.0733. The average Bonchev–Trinajstić information content (AvgIpc) is 2.95. The fraction of sp³-hybridized carbons (Fsp3) is 0.733. The topological polar surface area (TPSA) is 80.9 Å². The zero-order valence-corrected chi connectivity index (χ0v) is 14.1. The predicted octanol–water partition coefficient (Wildman–Crippen LogP) is 1.13. The summed E-state index contributed by atoms with van der Waals surface area (Å²) in [4.78, 5) is 4.20. The largest absolute Gasteiger partial charge is 0.382 e. The van der Waals surface area contributed by atoms with Gasteiger partial charge in [0.05, 0.1) is 25.5 Å². The van der Waals surface area contributed by atoms with Gasteiger partial charge in [0.2, 0.25) is 0 Å². The third-order valence-corrected chi connectivity index (χ3v) is 3.23. The van der Waals surface area contributed by atoms with E-state index in [1.807, 2.05) is 0 Å². The number of hydrogen-bond acceptors (Lipinski definition) is 5. The van der Waals surface area contributed by atoms with Crippen molar-refractivity contribution in [1.29, 1.82) is 0 Å². The quantitative estimate of drug-likeness (QED) is 0.383. The molecule has 0 aliphatic rings. The van der Waals surface area contributed by atoms with Crippen molar-refractivity contribution >= 4 is 5.96 Å². The molecule has 22 heavy (non-hydrogen) atoms. The van der Waals surface area contributed by atoms with Gasteiger partial charge >= 0.3 is 0 Å². The molecule has 126 valence electrons. The SMILES string of the molecule is CCc1noc(CC)c1CNC(=NC)NCCOCCOC. The van der Waals surface area contributed by atoms with Crippen LogP contribution in [0.4, 0.5) is 0 Å². The Morgan fingerprint density at radius 1 is 1.18 bits per heavy atom. The number of guanidine groups is 1. The molecule has 1 aromatic heterocycles. The van der Waals surface area contributed by atoms with Gasteiger partial charge in [0.15, 0.2) is 5.96 Å². The monoisotopic (exact) mass is 312 g/mol. The van der Waals surface area contributed by atoms with Crippen LogP contribution < -0.4 is 10.6 Å². The van der Waals surface area contributed by atoms with Crippen LogP contribution in [0.2, 0.25) is 0 Å². The van der Waals surface area contributed by atoms with Crippen LogP contribution >= 0.6 is 0 Å². The number of nitrogens with zero attached hydrogens (tertiary/aromatic N) is 2. The molecule has 0 aliphatic heterocycles. The van der Waals surface area contributed by atoms with Gasteiger partial charge in [-0.05, 0) is 6.42 Å². The van der Waals surface area contributed by atoms with E-state index in [-0.39, 0.29) is 0 Å². The number of methoxy groups -OCH3 is 1. The van der Waals surface area contributed by atoms with Gasteiger partial charge in [-0.2, -0.15) is 0 Å². The van der Waals surface area contributed by atoms with Crippen LogP contribution in [0, 0.1) is 0 Å². The molecule has 0 atom stereocenters. The number of rotatable bonds is 10. The summed E-state index contributed by atoms with van der Waals surface area (Å²) >= 11 is 0. The second kappa shape index (κ2) is 11.0. The minimum absolute atomic E-state index is 0.602. The third-order valence-electron chi connectivity index (χ3n) is 3.23. The Balaban J connectivity index is 2.36. The Hall–Kier alpha value is -1.60. The Labute approximate surface area is 132 Å². The van der Waals surface area contributed by atoms with Crippen molar-refractivity contribution in [3.8, 4) is 0 Å². The van der Waals surface area contributed by atoms with Crippen LogP contribution in [-0.4, -0.2) is 51.6 Å². The van der Waals surface area contributed by atoms with Gasteiger partial charge in [-0.3, -0.25) is 4.99 Å². The number of aryl methyl sites for hydroxylation is 2. The summed E-state index contributed by atoms with van der Waals surface area (Å²) in [6.45, 7) is 7.30. The molecule has 0 amide bonds. The van der Waals surface area contributed by atoms with Crippen LogP contribution in [0.15, 0.2) is 9.52 Å². The second-order valence-corrected chi connectivity index (χ2v) is 4.70. The maximum Gasteiger partial charge on any atom is 0.191 e. The van der Waals surface area contributed by atoms with Crippen molar-refractivity contribution < 1.29 is 14.0 Å². The van der Waals surface area contributed by atoms with E-state index in [9.17, 15) is 0 Å². The molecular formula is C15H28N4O3. The average molecular weight is 312 g/mol. The summed E-state index contributed by atoms with van der Waals surface area (Å²) in [6, 6.07) is 0. The lowest BCUT2D eigenvalue weighted by Gasteiger charge is -2.12. The van der Waals surface area contributed by atoms with E-state index in [2.05, 4.69) is 34.6 Å². The molecule has 1 aromatic rings. The van der Waals surface area contributed by atoms with Crippen molar-refractivity contribution in [1.82, 2.24) is 15.8 Å². The van der Waals surface area contributed by atoms with Gasteiger partial charge in [-0.15, -0.1) is 0 Å². The van der Waals surface area contributed by atoms with Crippen molar-refractivity contribution in [2.45, 2.75) is 33.2 Å². The highest BCUT2D eigenvalue weighted by Gasteiger charge is 2.13. The summed E-state index contributed by atoms with van der Waals surface area (Å²) in [6.07, 6.45) is 1.70. The highest BCUT2D eigenvalue weighted by molar-refractivity contribution is 5.79. The van der Waals surface area contributed by atoms with Crippen molar-refractivity contribution in [3.63, 3.8) is 0 Å². The number of aromatic nitrogens is 1. The van der Waals surface area contributed by atoms with E-state index in [1.54, 1.807) is 14.2 Å². The Bertz CT molecular complexity index is 424. The molecule has 0 radical (unpaired) electrons. The zero-order valence-electron chi connectivity index (χ0n) is 14.1. The summed E-state index contributed by atoms with van der Waals surface area (Å²) in [5, 5.41) is 10.6. The molecule has 1 heterocycles. The van der Waals surface area contributed by atoms with E-state index in [4.69, 9.17) is 14.0 Å². The summed E-state index contributed by atoms with van der Waals surface area (Å²) in [7, 11) is 3.41. The first-order valence-corrected chi connectivity index (χ1v) is 7.74. The second-order valence-electron chi connectivity index (χ2n) is 4.70. The van der Waals surface area contributed by atoms with Crippen LogP contribution in [0.1, 0.15) is 30.9 Å². The maximum absolute atomic E-state index is 5.40. The smallest absolute Gasteiger partial charge is 0.191 e. The predicted molar refractivity (Wildman–Crippen MR) is 86.2 cm³/mol. The summed E-state index contributed by atoms with van der Waals surface area (Å²) < 4.78 is 15.7. The molecule has 7 heteroatoms. The molecular weight excluding hydrogens is 284 g/mol. The fourth-order valence-corrected chi connectivity index (χ4v) is 2.02. The number of aliphatic imine (C=N–C) groups is 1. The normalized spacial score (nSPS) is 11.7. The Kier molecular flexibility index (Phi) is 9.25. The summed E-state index contributed by atoms with van der Waals surface area (Å²) in [5.41, 5.74) is 2.13. The van der Waals surface area contributed by atoms with Crippen molar-refractivity contribution in [2.24, 2.45) is 4.99 Å². The van der Waals surface area contributed by atoms with E-state index in [0.717, 1.165) is 35.8 Å². The van der Waals surface area contributed by atoms with Crippen molar-refractivity contribution in [2.75, 3.05) is 40.5 Å². The molecule has 7 nitrogen and oxygen atoms in total. The Morgan fingerprint density at radius 3 is 2.64 bits per heavy atom. The van der Waals surface area contributed by atoms with E-state index in [1.165, 1.54) is 0 Å². The zero-order chi connectivity index (χ0) is 16.2. The van der Waals surface area contributed by atoms with Crippen LogP contribution in [0.3, 0.4) is 0 Å². The highest BCUT2D eigenvalue weighted by atomic mass is 16.5. The van der Waals surface area contributed by atoms with Gasteiger partial charge in [0.1, 0.15) is 5.76 Å². The van der Waals surface area contributed by atoms with Crippen molar-refractivity contribution in [3.05, 3.63) is 17.0 Å². The van der Waals surface area contributed by atoms with Gasteiger partial charge in [-0.25, -0.2) is 0 Å². The lowest BCUT2D eigenvalue weighted by Crippen LogP contribution is -2.38. The first kappa shape index (κ1) is 18.4. The summed E-state index contributed by atoms with van der Waals surface area (Å²) in [5.74, 6) is 1.67. The van der Waals surface area contributed by atoms with E-state index in [0.29, 0.717) is 32.9 Å². The molecule has 0 saturated carbocycles. The van der Waals surface area contributed by atoms with Gasteiger partial charge in [-0.1, -0.05) is 19.0 Å². The first-order chi connectivity index (χ1) is 10.8. The molecule has 1 rings (SSSR count). The number of nitrogens with one attached hydrogen (secondary N) is 2. The van der Waals surface area contributed by atoms with Gasteiger partial charge in [0.25, 0.3) is 0 Å². The van der Waals surface area contributed by atoms with E-state index < -0.39 is 0 Å². The third kappa shape index (κ3) is 6.03. The molecule has 0 aliphatic carbocycles. The number of ether oxygens (including phenoxy) is 2. The minimum atomic E-state index is 0.602. The molecule has 0 fully saturated rings.